The third-order valence-electron chi connectivity index (χ3n) is 2.91. The Morgan fingerprint density at radius 3 is 2.75 bits per heavy atom. The molecule has 20 heavy (non-hydrogen) atoms. The summed E-state index contributed by atoms with van der Waals surface area (Å²) < 4.78 is 10.2. The summed E-state index contributed by atoms with van der Waals surface area (Å²) in [4.78, 5) is 11.5. The molecule has 0 radical (unpaired) electrons. The van der Waals surface area contributed by atoms with Crippen LogP contribution in [0.2, 0.25) is 0 Å². The van der Waals surface area contributed by atoms with Gasteiger partial charge in [0.05, 0.1) is 30.7 Å². The first kappa shape index (κ1) is 16.3. The predicted octanol–water partition coefficient (Wildman–Crippen LogP) is 2.53. The standard InChI is InChI=1S/C15H24N2O3/c1-11(2)7-9-20-10-8-17-13-6-4-5-12(14(13)16)15(18)19-3/h4-6,11,17H,7-10,16H2,1-3H3. The fourth-order valence-corrected chi connectivity index (χ4v) is 1.69. The van der Waals surface area contributed by atoms with Gasteiger partial charge in [-0.25, -0.2) is 4.79 Å². The molecule has 0 heterocycles. The van der Waals surface area contributed by atoms with Crippen molar-refractivity contribution in [3.8, 4) is 0 Å². The van der Waals surface area contributed by atoms with E-state index >= 15 is 0 Å². The van der Waals surface area contributed by atoms with Gasteiger partial charge in [-0.1, -0.05) is 19.9 Å². The molecular weight excluding hydrogens is 256 g/mol. The van der Waals surface area contributed by atoms with Crippen LogP contribution in [0.1, 0.15) is 30.6 Å². The highest BCUT2D eigenvalue weighted by molar-refractivity contribution is 5.98. The number of nitrogens with one attached hydrogen (secondary N) is 1. The van der Waals surface area contributed by atoms with Crippen LogP contribution in [0.5, 0.6) is 0 Å². The van der Waals surface area contributed by atoms with Crippen molar-refractivity contribution in [1.82, 2.24) is 0 Å². The average molecular weight is 280 g/mol. The van der Waals surface area contributed by atoms with Crippen molar-refractivity contribution in [3.63, 3.8) is 0 Å². The topological polar surface area (TPSA) is 73.6 Å². The minimum absolute atomic E-state index is 0.373. The first-order chi connectivity index (χ1) is 9.56. The molecule has 5 nitrogen and oxygen atoms in total. The molecule has 0 aliphatic carbocycles. The maximum atomic E-state index is 11.5. The molecule has 5 heteroatoms. The minimum atomic E-state index is -0.431. The van der Waals surface area contributed by atoms with Crippen LogP contribution in [0.3, 0.4) is 0 Å². The van der Waals surface area contributed by atoms with Gasteiger partial charge in [0.25, 0.3) is 0 Å². The molecule has 0 bridgehead atoms. The number of para-hydroxylation sites is 1. The lowest BCUT2D eigenvalue weighted by atomic mass is 10.1. The Labute approximate surface area is 120 Å². The van der Waals surface area contributed by atoms with Gasteiger partial charge in [-0.05, 0) is 24.5 Å². The quantitative estimate of drug-likeness (QED) is 0.435. The maximum absolute atomic E-state index is 11.5. The van der Waals surface area contributed by atoms with Gasteiger partial charge in [0.15, 0.2) is 0 Å². The SMILES string of the molecule is COC(=O)c1cccc(NCCOCCC(C)C)c1N. The minimum Gasteiger partial charge on any atom is -0.465 e. The maximum Gasteiger partial charge on any atom is 0.340 e. The van der Waals surface area contributed by atoms with Crippen LogP contribution in [0.15, 0.2) is 18.2 Å². The molecule has 0 fully saturated rings. The number of esters is 1. The number of carbonyl (C=O) groups is 1. The predicted molar refractivity (Wildman–Crippen MR) is 81.0 cm³/mol. The summed E-state index contributed by atoms with van der Waals surface area (Å²) in [6.45, 7) is 6.35. The average Bonchev–Trinajstić information content (AvgIpc) is 2.43. The van der Waals surface area contributed by atoms with Gasteiger partial charge in [0.1, 0.15) is 0 Å². The lowest BCUT2D eigenvalue weighted by Crippen LogP contribution is -2.13. The third-order valence-corrected chi connectivity index (χ3v) is 2.91. The molecule has 1 rings (SSSR count). The largest absolute Gasteiger partial charge is 0.465 e. The van der Waals surface area contributed by atoms with Crippen LogP contribution in [-0.4, -0.2) is 32.8 Å². The van der Waals surface area contributed by atoms with E-state index in [2.05, 4.69) is 23.9 Å². The Hall–Kier alpha value is -1.75. The highest BCUT2D eigenvalue weighted by Gasteiger charge is 2.12. The van der Waals surface area contributed by atoms with Crippen LogP contribution in [0, 0.1) is 5.92 Å². The van der Waals surface area contributed by atoms with Gasteiger partial charge >= 0.3 is 5.97 Å². The number of methoxy groups -OCH3 is 1. The second-order valence-corrected chi connectivity index (χ2v) is 4.98. The van der Waals surface area contributed by atoms with E-state index in [4.69, 9.17) is 10.5 Å². The van der Waals surface area contributed by atoms with Gasteiger partial charge in [-0.3, -0.25) is 0 Å². The Morgan fingerprint density at radius 2 is 2.10 bits per heavy atom. The summed E-state index contributed by atoms with van der Waals surface area (Å²) in [5.74, 6) is 0.217. The fraction of sp³-hybridized carbons (Fsp3) is 0.533. The van der Waals surface area contributed by atoms with Crippen LogP contribution in [0.4, 0.5) is 11.4 Å². The van der Waals surface area contributed by atoms with E-state index in [1.54, 1.807) is 12.1 Å². The number of hydrogen-bond acceptors (Lipinski definition) is 5. The Kier molecular flexibility index (Phi) is 6.87. The van der Waals surface area contributed by atoms with E-state index in [9.17, 15) is 4.79 Å². The third kappa shape index (κ3) is 5.09. The monoisotopic (exact) mass is 280 g/mol. The van der Waals surface area contributed by atoms with E-state index < -0.39 is 5.97 Å². The zero-order chi connectivity index (χ0) is 15.0. The van der Waals surface area contributed by atoms with Crippen molar-refractivity contribution in [2.24, 2.45) is 5.92 Å². The highest BCUT2D eigenvalue weighted by Crippen LogP contribution is 2.23. The Morgan fingerprint density at radius 1 is 1.35 bits per heavy atom. The molecule has 1 aromatic rings. The number of benzene rings is 1. The van der Waals surface area contributed by atoms with E-state index in [1.807, 2.05) is 6.07 Å². The van der Waals surface area contributed by atoms with E-state index in [1.165, 1.54) is 7.11 Å². The highest BCUT2D eigenvalue weighted by atomic mass is 16.5. The molecule has 0 aromatic heterocycles. The molecule has 112 valence electrons. The summed E-state index contributed by atoms with van der Waals surface area (Å²) >= 11 is 0. The second-order valence-electron chi connectivity index (χ2n) is 4.98. The molecule has 0 saturated carbocycles. The summed E-state index contributed by atoms with van der Waals surface area (Å²) in [6.07, 6.45) is 1.06. The molecule has 0 aliphatic heterocycles. The molecule has 0 saturated heterocycles. The second kappa shape index (κ2) is 8.43. The zero-order valence-corrected chi connectivity index (χ0v) is 12.4. The van der Waals surface area contributed by atoms with Crippen molar-refractivity contribution >= 4 is 17.3 Å². The van der Waals surface area contributed by atoms with Crippen molar-refractivity contribution in [3.05, 3.63) is 23.8 Å². The summed E-state index contributed by atoms with van der Waals surface area (Å²) in [6, 6.07) is 5.24. The van der Waals surface area contributed by atoms with E-state index in [0.717, 1.165) is 18.7 Å². The lowest BCUT2D eigenvalue weighted by Gasteiger charge is -2.12. The van der Waals surface area contributed by atoms with Crippen molar-refractivity contribution in [2.75, 3.05) is 37.9 Å². The number of rotatable bonds is 8. The molecule has 0 amide bonds. The van der Waals surface area contributed by atoms with E-state index in [-0.39, 0.29) is 0 Å². The normalized spacial score (nSPS) is 10.6. The smallest absolute Gasteiger partial charge is 0.340 e. The van der Waals surface area contributed by atoms with E-state index in [0.29, 0.717) is 30.3 Å². The van der Waals surface area contributed by atoms with Gasteiger partial charge in [-0.15, -0.1) is 0 Å². The first-order valence-corrected chi connectivity index (χ1v) is 6.84. The molecule has 0 atom stereocenters. The summed E-state index contributed by atoms with van der Waals surface area (Å²) in [5, 5.41) is 3.16. The Balaban J connectivity index is 2.43. The van der Waals surface area contributed by atoms with Gasteiger partial charge in [-0.2, -0.15) is 0 Å². The summed E-state index contributed by atoms with van der Waals surface area (Å²) in [7, 11) is 1.34. The van der Waals surface area contributed by atoms with Gasteiger partial charge in [0.2, 0.25) is 0 Å². The number of anilines is 2. The van der Waals surface area contributed by atoms with Gasteiger partial charge < -0.3 is 20.5 Å². The lowest BCUT2D eigenvalue weighted by molar-refractivity contribution is 0.0602. The fourth-order valence-electron chi connectivity index (χ4n) is 1.69. The number of ether oxygens (including phenoxy) is 2. The number of nitrogens with two attached hydrogens (primary N) is 1. The van der Waals surface area contributed by atoms with Crippen LogP contribution < -0.4 is 11.1 Å². The molecule has 0 unspecified atom stereocenters. The summed E-state index contributed by atoms with van der Waals surface area (Å²) in [5.41, 5.74) is 7.44. The van der Waals surface area contributed by atoms with Crippen LogP contribution in [0.25, 0.3) is 0 Å². The van der Waals surface area contributed by atoms with Gasteiger partial charge in [0, 0.05) is 13.2 Å². The molecule has 1 aromatic carbocycles. The number of nitrogen functional groups attached to an aromatic ring is 1. The van der Waals surface area contributed by atoms with Crippen LogP contribution in [-0.2, 0) is 9.47 Å². The molecule has 3 N–H and O–H groups in total. The van der Waals surface area contributed by atoms with Crippen LogP contribution >= 0.6 is 0 Å². The molecule has 0 spiro atoms. The molecule has 0 aliphatic rings. The van der Waals surface area contributed by atoms with Crippen molar-refractivity contribution < 1.29 is 14.3 Å². The number of carbonyl (C=O) groups excluding carboxylic acids is 1. The Bertz CT molecular complexity index is 433. The number of hydrogen-bond donors (Lipinski definition) is 2. The first-order valence-electron chi connectivity index (χ1n) is 6.84. The van der Waals surface area contributed by atoms with Crippen molar-refractivity contribution in [2.45, 2.75) is 20.3 Å². The van der Waals surface area contributed by atoms with Crippen molar-refractivity contribution in [1.29, 1.82) is 0 Å². The zero-order valence-electron chi connectivity index (χ0n) is 12.4. The molecular formula is C15H24N2O3.